The molecule has 1 N–H and O–H groups in total. The normalized spacial score (nSPS) is 32.6. The number of rotatable bonds is 4. The van der Waals surface area contributed by atoms with Crippen LogP contribution in [0, 0.1) is 0 Å². The Balaban J connectivity index is 1.92. The molecule has 0 bridgehead atoms. The number of hydrogen-bond donors (Lipinski definition) is 1. The van der Waals surface area contributed by atoms with Crippen molar-refractivity contribution in [3.05, 3.63) is 34.9 Å². The van der Waals surface area contributed by atoms with Gasteiger partial charge in [0.1, 0.15) is 0 Å². The molecule has 1 aromatic carbocycles. The topological polar surface area (TPSA) is 18.5 Å². The lowest BCUT2D eigenvalue weighted by Crippen LogP contribution is -2.59. The van der Waals surface area contributed by atoms with Gasteiger partial charge >= 0.3 is 0 Å². The van der Waals surface area contributed by atoms with Gasteiger partial charge in [-0.15, -0.1) is 0 Å². The second kappa shape index (κ2) is 7.10. The average Bonchev–Trinajstić information content (AvgIpc) is 3.05. The van der Waals surface area contributed by atoms with Crippen molar-refractivity contribution in [2.24, 2.45) is 0 Å². The Kier molecular flexibility index (Phi) is 5.32. The molecule has 0 aromatic heterocycles. The zero-order valence-electron chi connectivity index (χ0n) is 14.7. The third-order valence-electron chi connectivity index (χ3n) is 6.03. The predicted molar refractivity (Wildman–Crippen MR) is 98.1 cm³/mol. The number of nitrogens with zero attached hydrogens (tertiary/aromatic N) is 2. The summed E-state index contributed by atoms with van der Waals surface area (Å²) in [5.41, 5.74) is 1.26. The maximum absolute atomic E-state index is 6.61. The average molecular weight is 336 g/mol. The molecule has 2 aliphatic rings. The summed E-state index contributed by atoms with van der Waals surface area (Å²) in [4.78, 5) is 5.09. The van der Waals surface area contributed by atoms with E-state index in [-0.39, 0.29) is 5.54 Å². The van der Waals surface area contributed by atoms with Gasteiger partial charge in [-0.25, -0.2) is 0 Å². The molecule has 2 fully saturated rings. The number of likely N-dealkylation sites (tertiary alicyclic amines) is 1. The van der Waals surface area contributed by atoms with E-state index in [0.717, 1.165) is 5.02 Å². The Morgan fingerprint density at radius 1 is 1.22 bits per heavy atom. The van der Waals surface area contributed by atoms with Gasteiger partial charge in [-0.3, -0.25) is 4.90 Å². The second-order valence-corrected chi connectivity index (χ2v) is 7.77. The molecule has 1 saturated carbocycles. The van der Waals surface area contributed by atoms with Crippen LogP contribution in [-0.2, 0) is 5.54 Å². The molecule has 0 amide bonds. The maximum atomic E-state index is 6.61. The maximum Gasteiger partial charge on any atom is 0.0604 e. The van der Waals surface area contributed by atoms with Gasteiger partial charge in [0.05, 0.1) is 5.54 Å². The van der Waals surface area contributed by atoms with Crippen LogP contribution in [0.2, 0.25) is 5.02 Å². The third kappa shape index (κ3) is 3.17. The highest BCUT2D eigenvalue weighted by atomic mass is 35.5. The summed E-state index contributed by atoms with van der Waals surface area (Å²) in [5, 5.41) is 4.61. The van der Waals surface area contributed by atoms with Crippen LogP contribution in [0.5, 0.6) is 0 Å². The lowest BCUT2D eigenvalue weighted by Gasteiger charge is -2.49. The van der Waals surface area contributed by atoms with Crippen LogP contribution < -0.4 is 5.32 Å². The molecular weight excluding hydrogens is 306 g/mol. The van der Waals surface area contributed by atoms with Gasteiger partial charge in [0.25, 0.3) is 0 Å². The van der Waals surface area contributed by atoms with Gasteiger partial charge in [0, 0.05) is 30.2 Å². The second-order valence-electron chi connectivity index (χ2n) is 7.36. The summed E-state index contributed by atoms with van der Waals surface area (Å²) in [6.07, 6.45) is 6.29. The number of nitrogens with one attached hydrogen (secondary N) is 1. The SMILES string of the molecule is CN[C@@]1(c2ccccc2Cl)CCCC[C@@H]1N1CC[C@@H](N(C)C)C1. The van der Waals surface area contributed by atoms with Gasteiger partial charge in [-0.1, -0.05) is 42.6 Å². The first-order chi connectivity index (χ1) is 11.1. The van der Waals surface area contributed by atoms with Crippen molar-refractivity contribution in [1.29, 1.82) is 0 Å². The summed E-state index contributed by atoms with van der Waals surface area (Å²) in [7, 11) is 6.52. The fourth-order valence-electron chi connectivity index (χ4n) is 4.68. The van der Waals surface area contributed by atoms with E-state index in [4.69, 9.17) is 11.6 Å². The Labute approximate surface area is 146 Å². The molecule has 3 rings (SSSR count). The quantitative estimate of drug-likeness (QED) is 0.910. The first-order valence-electron chi connectivity index (χ1n) is 8.93. The van der Waals surface area contributed by atoms with Crippen LogP contribution in [0.3, 0.4) is 0 Å². The minimum Gasteiger partial charge on any atom is -0.309 e. The van der Waals surface area contributed by atoms with Gasteiger partial charge in [0.15, 0.2) is 0 Å². The molecule has 23 heavy (non-hydrogen) atoms. The standard InChI is InChI=1S/C19H30ClN3/c1-21-19(16-8-4-5-9-17(16)20)12-7-6-10-18(19)23-13-11-15(14-23)22(2)3/h4-5,8-9,15,18,21H,6-7,10-14H2,1-3H3/t15-,18+,19-/m1/s1. The first kappa shape index (κ1) is 17.2. The van der Waals surface area contributed by atoms with E-state index < -0.39 is 0 Å². The molecule has 1 heterocycles. The molecular formula is C19H30ClN3. The molecule has 0 unspecified atom stereocenters. The van der Waals surface area contributed by atoms with E-state index in [0.29, 0.717) is 12.1 Å². The van der Waals surface area contributed by atoms with E-state index in [1.54, 1.807) is 0 Å². The van der Waals surface area contributed by atoms with Crippen molar-refractivity contribution in [3.63, 3.8) is 0 Å². The van der Waals surface area contributed by atoms with Crippen molar-refractivity contribution in [2.45, 2.75) is 49.7 Å². The fraction of sp³-hybridized carbons (Fsp3) is 0.684. The van der Waals surface area contributed by atoms with Crippen LogP contribution in [0.25, 0.3) is 0 Å². The Morgan fingerprint density at radius 3 is 2.65 bits per heavy atom. The van der Waals surface area contributed by atoms with E-state index in [9.17, 15) is 0 Å². The van der Waals surface area contributed by atoms with E-state index in [1.165, 1.54) is 50.8 Å². The van der Waals surface area contributed by atoms with Crippen LogP contribution in [-0.4, -0.2) is 56.1 Å². The highest BCUT2D eigenvalue weighted by Crippen LogP contribution is 2.43. The Morgan fingerprint density at radius 2 is 2.00 bits per heavy atom. The monoisotopic (exact) mass is 335 g/mol. The number of hydrogen-bond acceptors (Lipinski definition) is 3. The van der Waals surface area contributed by atoms with E-state index >= 15 is 0 Å². The molecule has 1 aromatic rings. The van der Waals surface area contributed by atoms with Gasteiger partial charge in [-0.2, -0.15) is 0 Å². The smallest absolute Gasteiger partial charge is 0.0604 e. The predicted octanol–water partition coefficient (Wildman–Crippen LogP) is 3.33. The van der Waals surface area contributed by atoms with Gasteiger partial charge in [0.2, 0.25) is 0 Å². The summed E-state index contributed by atoms with van der Waals surface area (Å²) in [6, 6.07) is 9.62. The highest BCUT2D eigenvalue weighted by molar-refractivity contribution is 6.31. The van der Waals surface area contributed by atoms with Gasteiger partial charge < -0.3 is 10.2 Å². The lowest BCUT2D eigenvalue weighted by atomic mass is 9.72. The van der Waals surface area contributed by atoms with Crippen molar-refractivity contribution in [3.8, 4) is 0 Å². The number of benzene rings is 1. The zero-order chi connectivity index (χ0) is 16.4. The molecule has 0 spiro atoms. The van der Waals surface area contributed by atoms with Crippen LogP contribution >= 0.6 is 11.6 Å². The van der Waals surface area contributed by atoms with E-state index in [1.807, 2.05) is 12.1 Å². The van der Waals surface area contributed by atoms with E-state index in [2.05, 4.69) is 48.4 Å². The van der Waals surface area contributed by atoms with Crippen molar-refractivity contribution < 1.29 is 0 Å². The Bertz CT molecular complexity index is 533. The van der Waals surface area contributed by atoms with Crippen molar-refractivity contribution in [1.82, 2.24) is 15.1 Å². The van der Waals surface area contributed by atoms with Crippen LogP contribution in [0.15, 0.2) is 24.3 Å². The largest absolute Gasteiger partial charge is 0.309 e. The number of halogens is 1. The summed E-state index contributed by atoms with van der Waals surface area (Å²) >= 11 is 6.61. The molecule has 3 nitrogen and oxygen atoms in total. The minimum atomic E-state index is -0.0161. The minimum absolute atomic E-state index is 0.0161. The molecule has 3 atom stereocenters. The summed E-state index contributed by atoms with van der Waals surface area (Å²) < 4.78 is 0. The molecule has 0 radical (unpaired) electrons. The highest BCUT2D eigenvalue weighted by Gasteiger charge is 2.46. The van der Waals surface area contributed by atoms with Crippen molar-refractivity contribution in [2.75, 3.05) is 34.2 Å². The first-order valence-corrected chi connectivity index (χ1v) is 9.30. The fourth-order valence-corrected chi connectivity index (χ4v) is 4.99. The molecule has 1 saturated heterocycles. The number of likely N-dealkylation sites (N-methyl/N-ethyl adjacent to an activating group) is 2. The molecule has 1 aliphatic carbocycles. The van der Waals surface area contributed by atoms with Crippen molar-refractivity contribution >= 4 is 11.6 Å². The molecule has 4 heteroatoms. The van der Waals surface area contributed by atoms with Gasteiger partial charge in [-0.05, 0) is 52.0 Å². The third-order valence-corrected chi connectivity index (χ3v) is 6.36. The van der Waals surface area contributed by atoms with Crippen LogP contribution in [0.4, 0.5) is 0 Å². The molecule has 1 aliphatic heterocycles. The molecule has 128 valence electrons. The zero-order valence-corrected chi connectivity index (χ0v) is 15.4. The Hall–Kier alpha value is -0.610. The summed E-state index contributed by atoms with van der Waals surface area (Å²) in [6.45, 7) is 2.37. The summed E-state index contributed by atoms with van der Waals surface area (Å²) in [5.74, 6) is 0. The van der Waals surface area contributed by atoms with Crippen LogP contribution in [0.1, 0.15) is 37.7 Å². The lowest BCUT2D eigenvalue weighted by molar-refractivity contribution is 0.0726.